The third-order valence-corrected chi connectivity index (χ3v) is 5.15. The lowest BCUT2D eigenvalue weighted by atomic mass is 10.1. The fourth-order valence-electron chi connectivity index (χ4n) is 3.57. The Morgan fingerprint density at radius 1 is 0.781 bits per heavy atom. The maximum atomic E-state index is 12.7. The molecule has 0 saturated carbocycles. The topological polar surface area (TPSA) is 89.5 Å². The van der Waals surface area contributed by atoms with Crippen LogP contribution in [-0.2, 0) is 0 Å². The number of esters is 1. The number of ether oxygens (including phenoxy) is 6. The van der Waals surface area contributed by atoms with Crippen molar-refractivity contribution in [3.8, 4) is 34.5 Å². The number of allylic oxidation sites excluding steroid dienone is 1. The number of Topliss-reactive ketones (excluding diaryl/α,β-unsaturated/α-hetero) is 1. The lowest BCUT2D eigenvalue weighted by Gasteiger charge is -2.06. The Labute approximate surface area is 181 Å². The highest BCUT2D eigenvalue weighted by Crippen LogP contribution is 2.37. The van der Waals surface area contributed by atoms with Crippen molar-refractivity contribution >= 4 is 17.8 Å². The number of rotatable bonds is 3. The van der Waals surface area contributed by atoms with E-state index >= 15 is 0 Å². The van der Waals surface area contributed by atoms with Crippen LogP contribution in [0.5, 0.6) is 34.5 Å². The molecule has 0 aliphatic carbocycles. The summed E-state index contributed by atoms with van der Waals surface area (Å²) in [6, 6.07) is 14.8. The van der Waals surface area contributed by atoms with Crippen LogP contribution in [0.25, 0.3) is 6.08 Å². The maximum absolute atomic E-state index is 12.7. The summed E-state index contributed by atoms with van der Waals surface area (Å²) in [4.78, 5) is 25.2. The molecule has 0 amide bonds. The van der Waals surface area contributed by atoms with E-state index in [1.54, 1.807) is 54.6 Å². The molecule has 3 aromatic rings. The SMILES string of the molecule is O=C(Oc1ccc2c(c1)O/C(=C/c1ccc3c(c1)OCO3)C2=O)c1ccc2c(c1)OCO2. The van der Waals surface area contributed by atoms with Gasteiger partial charge in [-0.2, -0.15) is 0 Å². The second-order valence-electron chi connectivity index (χ2n) is 7.17. The summed E-state index contributed by atoms with van der Waals surface area (Å²) in [5, 5.41) is 0. The second-order valence-corrected chi connectivity index (χ2v) is 7.17. The quantitative estimate of drug-likeness (QED) is 0.350. The molecule has 3 aromatic carbocycles. The number of fused-ring (bicyclic) bond motifs is 3. The third-order valence-electron chi connectivity index (χ3n) is 5.15. The summed E-state index contributed by atoms with van der Waals surface area (Å²) in [6.07, 6.45) is 1.63. The number of carbonyl (C=O) groups is 2. The average molecular weight is 430 g/mol. The van der Waals surface area contributed by atoms with Crippen molar-refractivity contribution in [1.29, 1.82) is 0 Å². The van der Waals surface area contributed by atoms with Crippen molar-refractivity contribution in [2.75, 3.05) is 13.6 Å². The van der Waals surface area contributed by atoms with Gasteiger partial charge in [0.25, 0.3) is 0 Å². The van der Waals surface area contributed by atoms with Crippen molar-refractivity contribution in [2.24, 2.45) is 0 Å². The minimum Gasteiger partial charge on any atom is -0.454 e. The summed E-state index contributed by atoms with van der Waals surface area (Å²) in [7, 11) is 0. The standard InChI is InChI=1S/C24H14O8/c25-23-16-4-3-15(31-24(26)14-2-6-18-21(9-14)30-12-28-18)10-19(16)32-22(23)8-13-1-5-17-20(7-13)29-11-27-17/h1-10H,11-12H2/b22-8+. The Balaban J connectivity index is 1.22. The molecular weight excluding hydrogens is 416 g/mol. The van der Waals surface area contributed by atoms with Gasteiger partial charge in [-0.05, 0) is 54.1 Å². The molecule has 0 fully saturated rings. The maximum Gasteiger partial charge on any atom is 0.343 e. The van der Waals surface area contributed by atoms with Gasteiger partial charge >= 0.3 is 5.97 Å². The van der Waals surface area contributed by atoms with Gasteiger partial charge in [-0.1, -0.05) is 6.07 Å². The van der Waals surface area contributed by atoms with Crippen LogP contribution in [0.2, 0.25) is 0 Å². The fraction of sp³-hybridized carbons (Fsp3) is 0.0833. The summed E-state index contributed by atoms with van der Waals surface area (Å²) in [5.41, 5.74) is 1.44. The Kier molecular flexibility index (Phi) is 4.04. The molecule has 32 heavy (non-hydrogen) atoms. The third kappa shape index (κ3) is 3.09. The monoisotopic (exact) mass is 430 g/mol. The number of benzene rings is 3. The molecule has 0 aromatic heterocycles. The normalized spacial score (nSPS) is 16.1. The molecule has 0 unspecified atom stereocenters. The van der Waals surface area contributed by atoms with Gasteiger partial charge in [0, 0.05) is 6.07 Å². The molecule has 0 N–H and O–H groups in total. The molecule has 8 nitrogen and oxygen atoms in total. The van der Waals surface area contributed by atoms with E-state index < -0.39 is 5.97 Å². The first-order chi connectivity index (χ1) is 15.6. The highest BCUT2D eigenvalue weighted by atomic mass is 16.7. The highest BCUT2D eigenvalue weighted by Gasteiger charge is 2.28. The highest BCUT2D eigenvalue weighted by molar-refractivity contribution is 6.14. The molecule has 3 aliphatic rings. The van der Waals surface area contributed by atoms with Gasteiger partial charge in [0.15, 0.2) is 28.8 Å². The van der Waals surface area contributed by atoms with Gasteiger partial charge in [-0.3, -0.25) is 4.79 Å². The molecular formula is C24H14O8. The Bertz CT molecular complexity index is 1320. The van der Waals surface area contributed by atoms with E-state index in [4.69, 9.17) is 28.4 Å². The van der Waals surface area contributed by atoms with Gasteiger partial charge in [0.05, 0.1) is 11.1 Å². The summed E-state index contributed by atoms with van der Waals surface area (Å²) in [5.74, 6) is 2.24. The Hall–Kier alpha value is -4.46. The van der Waals surface area contributed by atoms with Crippen molar-refractivity contribution in [3.63, 3.8) is 0 Å². The van der Waals surface area contributed by atoms with Crippen LogP contribution < -0.4 is 28.4 Å². The van der Waals surface area contributed by atoms with E-state index in [1.165, 1.54) is 6.07 Å². The van der Waals surface area contributed by atoms with Crippen LogP contribution in [-0.4, -0.2) is 25.3 Å². The smallest absolute Gasteiger partial charge is 0.343 e. The number of hydrogen-bond acceptors (Lipinski definition) is 8. The first-order valence-corrected chi connectivity index (χ1v) is 9.74. The van der Waals surface area contributed by atoms with Gasteiger partial charge in [-0.25, -0.2) is 4.79 Å². The van der Waals surface area contributed by atoms with E-state index in [1.807, 2.05) is 0 Å². The van der Waals surface area contributed by atoms with Crippen LogP contribution >= 0.6 is 0 Å². The largest absolute Gasteiger partial charge is 0.454 e. The molecule has 158 valence electrons. The molecule has 0 saturated heterocycles. The lowest BCUT2D eigenvalue weighted by Crippen LogP contribution is -2.08. The summed E-state index contributed by atoms with van der Waals surface area (Å²) < 4.78 is 32.4. The van der Waals surface area contributed by atoms with Crippen LogP contribution in [0.3, 0.4) is 0 Å². The Morgan fingerprint density at radius 2 is 1.50 bits per heavy atom. The van der Waals surface area contributed by atoms with Crippen molar-refractivity contribution in [2.45, 2.75) is 0 Å². The van der Waals surface area contributed by atoms with E-state index in [-0.39, 0.29) is 30.9 Å². The first kappa shape index (κ1) is 18.3. The van der Waals surface area contributed by atoms with Crippen molar-refractivity contribution in [1.82, 2.24) is 0 Å². The number of ketones is 1. The zero-order valence-electron chi connectivity index (χ0n) is 16.5. The predicted molar refractivity (Wildman–Crippen MR) is 109 cm³/mol. The second kappa shape index (κ2) is 7.05. The minimum absolute atomic E-state index is 0.117. The van der Waals surface area contributed by atoms with Crippen molar-refractivity contribution in [3.05, 3.63) is 77.0 Å². The first-order valence-electron chi connectivity index (χ1n) is 9.74. The molecule has 0 atom stereocenters. The van der Waals surface area contributed by atoms with Crippen LogP contribution in [0.4, 0.5) is 0 Å². The Morgan fingerprint density at radius 3 is 2.31 bits per heavy atom. The lowest BCUT2D eigenvalue weighted by molar-refractivity contribution is 0.0734. The summed E-state index contributed by atoms with van der Waals surface area (Å²) >= 11 is 0. The van der Waals surface area contributed by atoms with E-state index in [2.05, 4.69) is 0 Å². The molecule has 3 aliphatic heterocycles. The van der Waals surface area contributed by atoms with Gasteiger partial charge < -0.3 is 28.4 Å². The van der Waals surface area contributed by atoms with E-state index in [9.17, 15) is 9.59 Å². The predicted octanol–water partition coefficient (Wildman–Crippen LogP) is 3.98. The zero-order valence-corrected chi connectivity index (χ0v) is 16.5. The van der Waals surface area contributed by atoms with Crippen LogP contribution in [0.15, 0.2) is 60.4 Å². The molecule has 8 heteroatoms. The number of carbonyl (C=O) groups excluding carboxylic acids is 2. The van der Waals surface area contributed by atoms with Gasteiger partial charge in [0.2, 0.25) is 19.4 Å². The van der Waals surface area contributed by atoms with Gasteiger partial charge in [-0.15, -0.1) is 0 Å². The van der Waals surface area contributed by atoms with Crippen LogP contribution in [0.1, 0.15) is 26.3 Å². The fourth-order valence-corrected chi connectivity index (χ4v) is 3.57. The van der Waals surface area contributed by atoms with Crippen molar-refractivity contribution < 1.29 is 38.0 Å². The van der Waals surface area contributed by atoms with Crippen LogP contribution in [0, 0.1) is 0 Å². The molecule has 0 radical (unpaired) electrons. The number of hydrogen-bond donors (Lipinski definition) is 0. The zero-order chi connectivity index (χ0) is 21.7. The summed E-state index contributed by atoms with van der Waals surface area (Å²) in [6.45, 7) is 0.288. The van der Waals surface area contributed by atoms with Gasteiger partial charge in [0.1, 0.15) is 11.5 Å². The minimum atomic E-state index is -0.566. The molecule has 0 spiro atoms. The van der Waals surface area contributed by atoms with E-state index in [0.717, 1.165) is 5.56 Å². The van der Waals surface area contributed by atoms with E-state index in [0.29, 0.717) is 39.9 Å². The average Bonchev–Trinajstić information content (AvgIpc) is 3.52. The molecule has 0 bridgehead atoms. The molecule has 6 rings (SSSR count). The molecule has 3 heterocycles.